The standard InChI is InChI=1S/C21H18F3N3O3/c22-21(23,24)18-17(26-20(30-18)14-6-2-1-3-7-14)19(28)25-15-8-4-5-9-16(15)27-10-12-29-13-11-27/h1-9H,10-13H2,(H,25,28). The maximum absolute atomic E-state index is 13.5. The van der Waals surface area contributed by atoms with E-state index in [4.69, 9.17) is 9.15 Å². The summed E-state index contributed by atoms with van der Waals surface area (Å²) in [5.74, 6) is -2.69. The Morgan fingerprint density at radius 1 is 1.00 bits per heavy atom. The third kappa shape index (κ3) is 4.16. The Bertz CT molecular complexity index is 1030. The Morgan fingerprint density at radius 2 is 1.67 bits per heavy atom. The Kier molecular flexibility index (Phi) is 5.45. The van der Waals surface area contributed by atoms with Gasteiger partial charge < -0.3 is 19.4 Å². The van der Waals surface area contributed by atoms with Gasteiger partial charge in [0.1, 0.15) is 0 Å². The Balaban J connectivity index is 1.66. The van der Waals surface area contributed by atoms with Gasteiger partial charge in [-0.2, -0.15) is 13.2 Å². The minimum atomic E-state index is -4.86. The molecule has 156 valence electrons. The largest absolute Gasteiger partial charge is 0.452 e. The number of carbonyl (C=O) groups excluding carboxylic acids is 1. The number of ether oxygens (including phenoxy) is 1. The first kappa shape index (κ1) is 20.0. The summed E-state index contributed by atoms with van der Waals surface area (Å²) >= 11 is 0. The third-order valence-corrected chi connectivity index (χ3v) is 4.62. The van der Waals surface area contributed by atoms with E-state index in [0.717, 1.165) is 0 Å². The van der Waals surface area contributed by atoms with Crippen LogP contribution in [-0.4, -0.2) is 37.2 Å². The molecule has 1 aromatic heterocycles. The number of morpholine rings is 1. The highest BCUT2D eigenvalue weighted by atomic mass is 19.4. The van der Waals surface area contributed by atoms with Crippen molar-refractivity contribution in [3.8, 4) is 11.5 Å². The van der Waals surface area contributed by atoms with Crippen LogP contribution >= 0.6 is 0 Å². The number of para-hydroxylation sites is 2. The fourth-order valence-corrected chi connectivity index (χ4v) is 3.21. The Morgan fingerprint density at radius 3 is 2.37 bits per heavy atom. The number of halogens is 3. The van der Waals surface area contributed by atoms with Gasteiger partial charge in [0, 0.05) is 18.7 Å². The highest BCUT2D eigenvalue weighted by molar-refractivity contribution is 6.05. The molecule has 1 N–H and O–H groups in total. The molecule has 0 aliphatic carbocycles. The lowest BCUT2D eigenvalue weighted by molar-refractivity contribution is -0.153. The smallest absolute Gasteiger partial charge is 0.431 e. The molecular weight excluding hydrogens is 399 g/mol. The summed E-state index contributed by atoms with van der Waals surface area (Å²) < 4.78 is 50.8. The molecule has 2 aromatic carbocycles. The molecule has 2 heterocycles. The van der Waals surface area contributed by atoms with Gasteiger partial charge in [-0.15, -0.1) is 0 Å². The van der Waals surface area contributed by atoms with Crippen LogP contribution in [0, 0.1) is 0 Å². The number of rotatable bonds is 4. The molecule has 0 radical (unpaired) electrons. The van der Waals surface area contributed by atoms with Crippen LogP contribution in [0.2, 0.25) is 0 Å². The lowest BCUT2D eigenvalue weighted by Gasteiger charge is -2.30. The SMILES string of the molecule is O=C(Nc1ccccc1N1CCOCC1)c1nc(-c2ccccc2)oc1C(F)(F)F. The summed E-state index contributed by atoms with van der Waals surface area (Å²) in [5.41, 5.74) is 0.630. The molecule has 9 heteroatoms. The normalized spacial score (nSPS) is 14.6. The first-order chi connectivity index (χ1) is 14.4. The highest BCUT2D eigenvalue weighted by Gasteiger charge is 2.42. The summed E-state index contributed by atoms with van der Waals surface area (Å²) in [6.45, 7) is 2.29. The lowest BCUT2D eigenvalue weighted by Crippen LogP contribution is -2.36. The van der Waals surface area contributed by atoms with Crippen LogP contribution in [0.1, 0.15) is 16.2 Å². The number of carbonyl (C=O) groups is 1. The monoisotopic (exact) mass is 417 g/mol. The molecule has 1 aliphatic rings. The van der Waals surface area contributed by atoms with Gasteiger partial charge in [0.2, 0.25) is 11.7 Å². The van der Waals surface area contributed by atoms with Gasteiger partial charge in [0.25, 0.3) is 5.91 Å². The summed E-state index contributed by atoms with van der Waals surface area (Å²) in [6.07, 6.45) is -4.86. The van der Waals surface area contributed by atoms with Gasteiger partial charge in [0.15, 0.2) is 5.69 Å². The van der Waals surface area contributed by atoms with Crippen LogP contribution in [-0.2, 0) is 10.9 Å². The van der Waals surface area contributed by atoms with Gasteiger partial charge in [-0.3, -0.25) is 4.79 Å². The number of nitrogens with zero attached hydrogens (tertiary/aromatic N) is 2. The van der Waals surface area contributed by atoms with Crippen molar-refractivity contribution < 1.29 is 27.1 Å². The number of nitrogens with one attached hydrogen (secondary N) is 1. The van der Waals surface area contributed by atoms with Crippen molar-refractivity contribution in [2.24, 2.45) is 0 Å². The quantitative estimate of drug-likeness (QED) is 0.680. The Hall–Kier alpha value is -3.33. The first-order valence-electron chi connectivity index (χ1n) is 9.30. The molecule has 1 fully saturated rings. The summed E-state index contributed by atoms with van der Waals surface area (Å²) in [6, 6.07) is 15.0. The molecule has 0 spiro atoms. The molecule has 1 amide bonds. The van der Waals surface area contributed by atoms with Crippen molar-refractivity contribution in [3.63, 3.8) is 0 Å². The molecule has 4 rings (SSSR count). The van der Waals surface area contributed by atoms with Crippen molar-refractivity contribution in [1.82, 2.24) is 4.98 Å². The van der Waals surface area contributed by atoms with Crippen molar-refractivity contribution in [3.05, 3.63) is 66.1 Å². The first-order valence-corrected chi connectivity index (χ1v) is 9.30. The van der Waals surface area contributed by atoms with Crippen LogP contribution in [0.25, 0.3) is 11.5 Å². The van der Waals surface area contributed by atoms with E-state index in [1.54, 1.807) is 54.6 Å². The average Bonchev–Trinajstić information content (AvgIpc) is 3.22. The maximum atomic E-state index is 13.5. The van der Waals surface area contributed by atoms with E-state index >= 15 is 0 Å². The summed E-state index contributed by atoms with van der Waals surface area (Å²) in [5, 5.41) is 2.56. The molecule has 6 nitrogen and oxygen atoms in total. The van der Waals surface area contributed by atoms with Crippen molar-refractivity contribution in [2.45, 2.75) is 6.18 Å². The fourth-order valence-electron chi connectivity index (χ4n) is 3.21. The van der Waals surface area contributed by atoms with Crippen molar-refractivity contribution in [1.29, 1.82) is 0 Å². The number of anilines is 2. The van der Waals surface area contributed by atoms with Crippen LogP contribution in [0.5, 0.6) is 0 Å². The number of hydrogen-bond donors (Lipinski definition) is 1. The average molecular weight is 417 g/mol. The number of alkyl halides is 3. The molecular formula is C21H18F3N3O3. The molecule has 30 heavy (non-hydrogen) atoms. The lowest BCUT2D eigenvalue weighted by atomic mass is 10.2. The number of aromatic nitrogens is 1. The molecule has 0 atom stereocenters. The van der Waals surface area contributed by atoms with E-state index in [2.05, 4.69) is 10.3 Å². The predicted octanol–water partition coefficient (Wildman–Crippen LogP) is 4.45. The van der Waals surface area contributed by atoms with Gasteiger partial charge in [-0.05, 0) is 24.3 Å². The van der Waals surface area contributed by atoms with Gasteiger partial charge in [-0.25, -0.2) is 4.98 Å². The number of benzene rings is 2. The van der Waals surface area contributed by atoms with Crippen LogP contribution in [0.15, 0.2) is 59.0 Å². The van der Waals surface area contributed by atoms with E-state index in [0.29, 0.717) is 43.2 Å². The van der Waals surface area contributed by atoms with Crippen molar-refractivity contribution >= 4 is 17.3 Å². The molecule has 0 bridgehead atoms. The second kappa shape index (κ2) is 8.19. The summed E-state index contributed by atoms with van der Waals surface area (Å²) in [4.78, 5) is 18.6. The Labute approximate surface area is 170 Å². The van der Waals surface area contributed by atoms with E-state index in [9.17, 15) is 18.0 Å². The predicted molar refractivity (Wildman–Crippen MR) is 104 cm³/mol. The van der Waals surface area contributed by atoms with Gasteiger partial charge in [0.05, 0.1) is 24.6 Å². The van der Waals surface area contributed by atoms with E-state index in [1.807, 2.05) is 4.90 Å². The topological polar surface area (TPSA) is 67.6 Å². The van der Waals surface area contributed by atoms with Crippen LogP contribution in [0.4, 0.5) is 24.5 Å². The highest BCUT2D eigenvalue weighted by Crippen LogP contribution is 2.36. The van der Waals surface area contributed by atoms with Crippen LogP contribution < -0.4 is 10.2 Å². The molecule has 1 saturated heterocycles. The molecule has 0 unspecified atom stereocenters. The second-order valence-electron chi connectivity index (χ2n) is 6.63. The van der Waals surface area contributed by atoms with Gasteiger partial charge in [-0.1, -0.05) is 30.3 Å². The second-order valence-corrected chi connectivity index (χ2v) is 6.63. The molecule has 0 saturated carbocycles. The zero-order valence-corrected chi connectivity index (χ0v) is 15.8. The summed E-state index contributed by atoms with van der Waals surface area (Å²) in [7, 11) is 0. The van der Waals surface area contributed by atoms with E-state index in [-0.39, 0.29) is 5.89 Å². The maximum Gasteiger partial charge on any atom is 0.452 e. The fraction of sp³-hybridized carbons (Fsp3) is 0.238. The molecule has 3 aromatic rings. The number of hydrogen-bond acceptors (Lipinski definition) is 5. The van der Waals surface area contributed by atoms with Gasteiger partial charge >= 0.3 is 6.18 Å². The van der Waals surface area contributed by atoms with E-state index in [1.165, 1.54) is 0 Å². The zero-order valence-electron chi connectivity index (χ0n) is 15.8. The third-order valence-electron chi connectivity index (χ3n) is 4.62. The minimum Gasteiger partial charge on any atom is -0.431 e. The zero-order chi connectivity index (χ0) is 21.1. The van der Waals surface area contributed by atoms with E-state index < -0.39 is 23.5 Å². The minimum absolute atomic E-state index is 0.269. The van der Waals surface area contributed by atoms with Crippen LogP contribution in [0.3, 0.4) is 0 Å². The molecule has 1 aliphatic heterocycles. The van der Waals surface area contributed by atoms with Crippen molar-refractivity contribution in [2.75, 3.05) is 36.5 Å². The number of oxazole rings is 1. The number of amides is 1.